The number of hydrogen-bond donors (Lipinski definition) is 2. The molecule has 0 saturated carbocycles. The van der Waals surface area contributed by atoms with Gasteiger partial charge in [0, 0.05) is 32.2 Å². The molecule has 6 heteroatoms. The summed E-state index contributed by atoms with van der Waals surface area (Å²) in [6.07, 6.45) is 3.83. The number of urea groups is 1. The highest BCUT2D eigenvalue weighted by Gasteiger charge is 2.21. The van der Waals surface area contributed by atoms with E-state index in [1.54, 1.807) is 4.90 Å². The van der Waals surface area contributed by atoms with E-state index in [4.69, 9.17) is 5.11 Å². The fourth-order valence-electron chi connectivity index (χ4n) is 2.52. The van der Waals surface area contributed by atoms with Gasteiger partial charge in [-0.25, -0.2) is 4.79 Å². The van der Waals surface area contributed by atoms with Crippen molar-refractivity contribution in [3.63, 3.8) is 0 Å². The third-order valence-corrected chi connectivity index (χ3v) is 3.69. The average molecular weight is 285 g/mol. The molecule has 1 unspecified atom stereocenters. The maximum atomic E-state index is 12.2. The topological polar surface area (TPSA) is 72.9 Å². The SMILES string of the molecule is CCCC(CC)NC(=O)N1CCCN(CC(=O)O)CC1. The Morgan fingerprint density at radius 3 is 2.55 bits per heavy atom. The molecule has 0 aromatic carbocycles. The zero-order chi connectivity index (χ0) is 15.0. The summed E-state index contributed by atoms with van der Waals surface area (Å²) in [7, 11) is 0. The summed E-state index contributed by atoms with van der Waals surface area (Å²) in [4.78, 5) is 26.6. The van der Waals surface area contributed by atoms with Gasteiger partial charge in [-0.1, -0.05) is 20.3 Å². The average Bonchev–Trinajstić information content (AvgIpc) is 2.63. The Labute approximate surface area is 121 Å². The summed E-state index contributed by atoms with van der Waals surface area (Å²) in [5.41, 5.74) is 0. The van der Waals surface area contributed by atoms with Crippen molar-refractivity contribution in [1.29, 1.82) is 0 Å². The smallest absolute Gasteiger partial charge is 0.317 e. The minimum atomic E-state index is -0.808. The number of amides is 2. The van der Waals surface area contributed by atoms with Crippen molar-refractivity contribution in [2.45, 2.75) is 45.6 Å². The first kappa shape index (κ1) is 16.8. The van der Waals surface area contributed by atoms with Crippen LogP contribution in [0.1, 0.15) is 39.5 Å². The van der Waals surface area contributed by atoms with Crippen molar-refractivity contribution >= 4 is 12.0 Å². The van der Waals surface area contributed by atoms with Crippen molar-refractivity contribution in [2.24, 2.45) is 0 Å². The lowest BCUT2D eigenvalue weighted by atomic mass is 10.1. The van der Waals surface area contributed by atoms with Gasteiger partial charge >= 0.3 is 12.0 Å². The normalized spacial score (nSPS) is 18.4. The van der Waals surface area contributed by atoms with Crippen LogP contribution in [0.4, 0.5) is 4.79 Å². The number of carboxylic acid groups (broad SMARTS) is 1. The zero-order valence-electron chi connectivity index (χ0n) is 12.6. The molecule has 2 amide bonds. The standard InChI is InChI=1S/C14H27N3O3/c1-3-6-12(4-2)15-14(20)17-8-5-7-16(9-10-17)11-13(18)19/h12H,3-11H2,1-2H3,(H,15,20)(H,18,19). The van der Waals surface area contributed by atoms with E-state index in [2.05, 4.69) is 19.2 Å². The van der Waals surface area contributed by atoms with E-state index >= 15 is 0 Å². The molecule has 116 valence electrons. The minimum Gasteiger partial charge on any atom is -0.480 e. The predicted molar refractivity (Wildman–Crippen MR) is 77.8 cm³/mol. The van der Waals surface area contributed by atoms with E-state index in [0.717, 1.165) is 32.2 Å². The molecule has 1 rings (SSSR count). The van der Waals surface area contributed by atoms with Crippen molar-refractivity contribution < 1.29 is 14.7 Å². The number of carbonyl (C=O) groups is 2. The Morgan fingerprint density at radius 1 is 1.20 bits per heavy atom. The van der Waals surface area contributed by atoms with Crippen LogP contribution in [0.25, 0.3) is 0 Å². The molecule has 0 radical (unpaired) electrons. The number of hydrogen-bond acceptors (Lipinski definition) is 3. The largest absolute Gasteiger partial charge is 0.480 e. The molecule has 0 aliphatic carbocycles. The van der Waals surface area contributed by atoms with Crippen molar-refractivity contribution in [1.82, 2.24) is 15.1 Å². The molecule has 1 aliphatic heterocycles. The first-order valence-corrected chi connectivity index (χ1v) is 7.56. The molecule has 20 heavy (non-hydrogen) atoms. The molecule has 2 N–H and O–H groups in total. The monoisotopic (exact) mass is 285 g/mol. The molecule has 0 aromatic heterocycles. The van der Waals surface area contributed by atoms with Crippen LogP contribution in [0.15, 0.2) is 0 Å². The predicted octanol–water partition coefficient (Wildman–Crippen LogP) is 1.37. The summed E-state index contributed by atoms with van der Waals surface area (Å²) in [5, 5.41) is 11.9. The summed E-state index contributed by atoms with van der Waals surface area (Å²) >= 11 is 0. The van der Waals surface area contributed by atoms with Crippen molar-refractivity contribution in [3.8, 4) is 0 Å². The minimum absolute atomic E-state index is 0.0116. The van der Waals surface area contributed by atoms with Crippen LogP contribution in [0.5, 0.6) is 0 Å². The number of nitrogens with zero attached hydrogens (tertiary/aromatic N) is 2. The van der Waals surface area contributed by atoms with Crippen LogP contribution in [0.3, 0.4) is 0 Å². The lowest BCUT2D eigenvalue weighted by Gasteiger charge is -2.25. The fraction of sp³-hybridized carbons (Fsp3) is 0.857. The number of carbonyl (C=O) groups excluding carboxylic acids is 1. The van der Waals surface area contributed by atoms with Gasteiger partial charge in [-0.05, 0) is 19.3 Å². The number of rotatable bonds is 6. The van der Waals surface area contributed by atoms with Gasteiger partial charge in [0.25, 0.3) is 0 Å². The molecule has 1 atom stereocenters. The Bertz CT molecular complexity index is 323. The molecular weight excluding hydrogens is 258 g/mol. The third-order valence-electron chi connectivity index (χ3n) is 3.69. The van der Waals surface area contributed by atoms with Crippen LogP contribution >= 0.6 is 0 Å². The first-order valence-electron chi connectivity index (χ1n) is 7.56. The Morgan fingerprint density at radius 2 is 1.95 bits per heavy atom. The third kappa shape index (κ3) is 5.77. The van der Waals surface area contributed by atoms with Crippen molar-refractivity contribution in [3.05, 3.63) is 0 Å². The maximum absolute atomic E-state index is 12.2. The molecule has 1 fully saturated rings. The lowest BCUT2D eigenvalue weighted by molar-refractivity contribution is -0.138. The quantitative estimate of drug-likeness (QED) is 0.773. The van der Waals surface area contributed by atoms with E-state index < -0.39 is 5.97 Å². The molecule has 1 saturated heterocycles. The van der Waals surface area contributed by atoms with E-state index in [0.29, 0.717) is 19.6 Å². The zero-order valence-corrected chi connectivity index (χ0v) is 12.6. The summed E-state index contributed by atoms with van der Waals surface area (Å²) in [5.74, 6) is -0.808. The van der Waals surface area contributed by atoms with Crippen molar-refractivity contribution in [2.75, 3.05) is 32.7 Å². The summed E-state index contributed by atoms with van der Waals surface area (Å²) < 4.78 is 0. The second-order valence-electron chi connectivity index (χ2n) is 5.35. The second kappa shape index (κ2) is 8.79. The second-order valence-corrected chi connectivity index (χ2v) is 5.35. The number of nitrogens with one attached hydrogen (secondary N) is 1. The van der Waals surface area contributed by atoms with Gasteiger partial charge in [-0.2, -0.15) is 0 Å². The lowest BCUT2D eigenvalue weighted by Crippen LogP contribution is -2.46. The first-order chi connectivity index (χ1) is 9.56. The van der Waals surface area contributed by atoms with Crippen LogP contribution in [0.2, 0.25) is 0 Å². The molecular formula is C14H27N3O3. The molecule has 1 aliphatic rings. The Hall–Kier alpha value is -1.30. The summed E-state index contributed by atoms with van der Waals surface area (Å²) in [6, 6.07) is 0.230. The molecule has 0 spiro atoms. The fourth-order valence-corrected chi connectivity index (χ4v) is 2.52. The maximum Gasteiger partial charge on any atom is 0.317 e. The van der Waals surface area contributed by atoms with Crippen LogP contribution in [-0.2, 0) is 4.79 Å². The van der Waals surface area contributed by atoms with E-state index in [1.165, 1.54) is 0 Å². The highest BCUT2D eigenvalue weighted by atomic mass is 16.4. The van der Waals surface area contributed by atoms with Crippen LogP contribution in [-0.4, -0.2) is 65.7 Å². The van der Waals surface area contributed by atoms with Gasteiger partial charge in [0.2, 0.25) is 0 Å². The number of carboxylic acids is 1. The van der Waals surface area contributed by atoms with E-state index in [-0.39, 0.29) is 18.6 Å². The van der Waals surface area contributed by atoms with Gasteiger partial charge in [0.15, 0.2) is 0 Å². The van der Waals surface area contributed by atoms with Gasteiger partial charge < -0.3 is 15.3 Å². The van der Waals surface area contributed by atoms with Crippen LogP contribution in [0, 0.1) is 0 Å². The summed E-state index contributed by atoms with van der Waals surface area (Å²) in [6.45, 7) is 6.92. The van der Waals surface area contributed by atoms with Gasteiger partial charge in [0.05, 0.1) is 6.54 Å². The van der Waals surface area contributed by atoms with Gasteiger partial charge in [-0.3, -0.25) is 9.69 Å². The molecule has 1 heterocycles. The van der Waals surface area contributed by atoms with Gasteiger partial charge in [-0.15, -0.1) is 0 Å². The van der Waals surface area contributed by atoms with E-state index in [9.17, 15) is 9.59 Å². The molecule has 0 bridgehead atoms. The highest BCUT2D eigenvalue weighted by molar-refractivity contribution is 5.74. The van der Waals surface area contributed by atoms with Crippen LogP contribution < -0.4 is 5.32 Å². The highest BCUT2D eigenvalue weighted by Crippen LogP contribution is 2.06. The Balaban J connectivity index is 2.43. The Kier molecular flexibility index (Phi) is 7.36. The molecule has 0 aromatic rings. The number of aliphatic carboxylic acids is 1. The van der Waals surface area contributed by atoms with E-state index in [1.807, 2.05) is 4.90 Å². The molecule has 6 nitrogen and oxygen atoms in total. The van der Waals surface area contributed by atoms with Gasteiger partial charge in [0.1, 0.15) is 0 Å².